The topological polar surface area (TPSA) is 77.5 Å². The van der Waals surface area contributed by atoms with Crippen LogP contribution < -0.4 is 5.76 Å². The number of nitrogens with zero attached hydrogens (tertiary/aromatic N) is 2. The smallest absolute Gasteiger partial charge is 0.392 e. The molecule has 0 spiro atoms. The first-order chi connectivity index (χ1) is 10.6. The summed E-state index contributed by atoms with van der Waals surface area (Å²) in [6.07, 6.45) is 0.588. The van der Waals surface area contributed by atoms with Gasteiger partial charge in [0.05, 0.1) is 25.9 Å². The fraction of sp³-hybridized carbons (Fsp3) is 0.467. The van der Waals surface area contributed by atoms with Gasteiger partial charge in [-0.25, -0.2) is 4.79 Å². The summed E-state index contributed by atoms with van der Waals surface area (Å²) >= 11 is 6.01. The molecule has 0 aliphatic carbocycles. The molecule has 1 atom stereocenters. The van der Waals surface area contributed by atoms with Crippen LogP contribution in [-0.2, 0) is 24.3 Å². The zero-order chi connectivity index (χ0) is 15.9. The first kappa shape index (κ1) is 16.7. The number of hydrogen-bond donors (Lipinski definition) is 1. The van der Waals surface area contributed by atoms with Crippen molar-refractivity contribution >= 4 is 11.6 Å². The fourth-order valence-corrected chi connectivity index (χ4v) is 2.14. The average molecular weight is 327 g/mol. The first-order valence-corrected chi connectivity index (χ1v) is 7.54. The van der Waals surface area contributed by atoms with E-state index in [-0.39, 0.29) is 13.2 Å². The van der Waals surface area contributed by atoms with Crippen LogP contribution in [0.4, 0.5) is 0 Å². The van der Waals surface area contributed by atoms with Crippen LogP contribution in [0.3, 0.4) is 0 Å². The van der Waals surface area contributed by atoms with E-state index in [4.69, 9.17) is 20.8 Å². The molecule has 22 heavy (non-hydrogen) atoms. The van der Waals surface area contributed by atoms with E-state index >= 15 is 0 Å². The minimum Gasteiger partial charge on any atom is -0.392 e. The third-order valence-corrected chi connectivity index (χ3v) is 3.39. The van der Waals surface area contributed by atoms with Crippen molar-refractivity contribution in [2.24, 2.45) is 0 Å². The Morgan fingerprint density at radius 3 is 2.95 bits per heavy atom. The lowest BCUT2D eigenvalue weighted by Gasteiger charge is -2.11. The van der Waals surface area contributed by atoms with E-state index in [1.807, 2.05) is 25.1 Å². The van der Waals surface area contributed by atoms with Crippen molar-refractivity contribution in [3.8, 4) is 0 Å². The van der Waals surface area contributed by atoms with E-state index in [9.17, 15) is 9.90 Å². The second kappa shape index (κ2) is 8.12. The summed E-state index contributed by atoms with van der Waals surface area (Å²) in [5.74, 6) is -0.176. The highest BCUT2D eigenvalue weighted by Gasteiger charge is 2.12. The highest BCUT2D eigenvalue weighted by Crippen LogP contribution is 2.15. The summed E-state index contributed by atoms with van der Waals surface area (Å²) in [6, 6.07) is 7.34. The Morgan fingerprint density at radius 1 is 1.45 bits per heavy atom. The normalized spacial score (nSPS) is 12.5. The molecule has 2 rings (SSSR count). The molecule has 0 radical (unpaired) electrons. The number of benzene rings is 1. The van der Waals surface area contributed by atoms with Crippen LogP contribution in [0.15, 0.2) is 33.5 Å². The van der Waals surface area contributed by atoms with Gasteiger partial charge in [-0.1, -0.05) is 36.7 Å². The van der Waals surface area contributed by atoms with Gasteiger partial charge in [0.15, 0.2) is 0 Å². The van der Waals surface area contributed by atoms with E-state index in [2.05, 4.69) is 5.10 Å². The molecule has 0 fully saturated rings. The molecule has 0 aliphatic rings. The molecule has 1 unspecified atom stereocenters. The maximum Gasteiger partial charge on any atom is 0.437 e. The number of hydrogen-bond acceptors (Lipinski definition) is 5. The number of ether oxygens (including phenoxy) is 1. The van der Waals surface area contributed by atoms with Crippen LogP contribution in [-0.4, -0.2) is 27.6 Å². The van der Waals surface area contributed by atoms with Crippen LogP contribution in [0.25, 0.3) is 0 Å². The van der Waals surface area contributed by atoms with Crippen LogP contribution in [0, 0.1) is 0 Å². The van der Waals surface area contributed by atoms with Crippen molar-refractivity contribution in [2.75, 3.05) is 6.61 Å². The van der Waals surface area contributed by atoms with E-state index in [0.717, 1.165) is 16.7 Å². The van der Waals surface area contributed by atoms with Gasteiger partial charge in [0.1, 0.15) is 0 Å². The zero-order valence-corrected chi connectivity index (χ0v) is 13.1. The monoisotopic (exact) mass is 326 g/mol. The summed E-state index contributed by atoms with van der Waals surface area (Å²) in [5.41, 5.74) is 0.847. The summed E-state index contributed by atoms with van der Waals surface area (Å²) in [4.78, 5) is 11.6. The molecular formula is C15H19ClN2O4. The number of aliphatic hydroxyl groups excluding tert-OH is 1. The summed E-state index contributed by atoms with van der Waals surface area (Å²) < 4.78 is 11.5. The highest BCUT2D eigenvalue weighted by atomic mass is 35.5. The second-order valence-electron chi connectivity index (χ2n) is 4.95. The lowest BCUT2D eigenvalue weighted by atomic mass is 10.2. The van der Waals surface area contributed by atoms with Crippen LogP contribution >= 0.6 is 11.6 Å². The Labute approximate surface area is 133 Å². The molecule has 6 nitrogen and oxygen atoms in total. The van der Waals surface area contributed by atoms with E-state index in [1.54, 1.807) is 6.07 Å². The van der Waals surface area contributed by atoms with Crippen LogP contribution in [0.1, 0.15) is 24.8 Å². The maximum absolute atomic E-state index is 11.6. The molecule has 1 N–H and O–H groups in total. The molecule has 0 amide bonds. The predicted octanol–water partition coefficient (Wildman–Crippen LogP) is 2.02. The minimum atomic E-state index is -0.847. The van der Waals surface area contributed by atoms with Gasteiger partial charge in [0.2, 0.25) is 5.89 Å². The first-order valence-electron chi connectivity index (χ1n) is 7.16. The van der Waals surface area contributed by atoms with Gasteiger partial charge in [-0.15, -0.1) is 5.10 Å². The van der Waals surface area contributed by atoms with Crippen molar-refractivity contribution in [3.63, 3.8) is 0 Å². The number of halogens is 1. The minimum absolute atomic E-state index is 0.0363. The quantitative estimate of drug-likeness (QED) is 0.803. The Morgan fingerprint density at radius 2 is 2.23 bits per heavy atom. The van der Waals surface area contributed by atoms with Gasteiger partial charge in [0.25, 0.3) is 0 Å². The summed E-state index contributed by atoms with van der Waals surface area (Å²) in [7, 11) is 0. The number of rotatable bonds is 8. The Kier molecular flexibility index (Phi) is 6.18. The van der Waals surface area contributed by atoms with Crippen molar-refractivity contribution in [2.45, 2.75) is 39.0 Å². The highest BCUT2D eigenvalue weighted by molar-refractivity contribution is 6.31. The van der Waals surface area contributed by atoms with E-state index in [0.29, 0.717) is 23.9 Å². The average Bonchev–Trinajstić information content (AvgIpc) is 2.81. The number of aryl methyl sites for hydroxylation is 1. The van der Waals surface area contributed by atoms with Crippen molar-refractivity contribution in [3.05, 3.63) is 51.3 Å². The third kappa shape index (κ3) is 4.69. The van der Waals surface area contributed by atoms with E-state index < -0.39 is 11.9 Å². The van der Waals surface area contributed by atoms with Gasteiger partial charge in [-0.05, 0) is 18.1 Å². The van der Waals surface area contributed by atoms with Crippen molar-refractivity contribution < 1.29 is 14.3 Å². The van der Waals surface area contributed by atoms with Crippen molar-refractivity contribution in [1.29, 1.82) is 0 Å². The molecule has 1 heterocycles. The molecule has 0 aliphatic heterocycles. The molecule has 0 saturated carbocycles. The molecule has 1 aromatic heterocycles. The molecule has 1 aromatic carbocycles. The number of aromatic nitrogens is 2. The van der Waals surface area contributed by atoms with Crippen LogP contribution in [0.5, 0.6) is 0 Å². The molecule has 120 valence electrons. The lowest BCUT2D eigenvalue weighted by molar-refractivity contribution is 0.0178. The second-order valence-corrected chi connectivity index (χ2v) is 5.36. The molecule has 7 heteroatoms. The fourth-order valence-electron chi connectivity index (χ4n) is 1.95. The number of aliphatic hydroxyl groups is 1. The van der Waals surface area contributed by atoms with Gasteiger partial charge >= 0.3 is 5.76 Å². The lowest BCUT2D eigenvalue weighted by Crippen LogP contribution is -2.28. The Bertz CT molecular complexity index is 653. The van der Waals surface area contributed by atoms with Gasteiger partial charge in [-0.2, -0.15) is 4.68 Å². The third-order valence-electron chi connectivity index (χ3n) is 3.02. The Balaban J connectivity index is 1.82. The maximum atomic E-state index is 11.6. The standard InChI is InChI=1S/C15H19ClN2O4/c1-2-5-14-17-18(15(20)22-14)8-12(19)10-21-9-11-6-3-4-7-13(11)16/h3-4,6-7,12,19H,2,5,8-10H2,1H3. The predicted molar refractivity (Wildman–Crippen MR) is 81.9 cm³/mol. The van der Waals surface area contributed by atoms with Gasteiger partial charge in [0, 0.05) is 11.4 Å². The van der Waals surface area contributed by atoms with Gasteiger partial charge in [-0.3, -0.25) is 0 Å². The Hall–Kier alpha value is -1.63. The van der Waals surface area contributed by atoms with Gasteiger partial charge < -0.3 is 14.3 Å². The van der Waals surface area contributed by atoms with Crippen molar-refractivity contribution in [1.82, 2.24) is 9.78 Å². The SMILES string of the molecule is CCCc1nn(CC(O)COCc2ccccc2Cl)c(=O)o1. The summed E-state index contributed by atoms with van der Waals surface area (Å²) in [5, 5.41) is 14.6. The van der Waals surface area contributed by atoms with E-state index in [1.165, 1.54) is 0 Å². The molecule has 0 saturated heterocycles. The molecule has 2 aromatic rings. The largest absolute Gasteiger partial charge is 0.437 e. The zero-order valence-electron chi connectivity index (χ0n) is 12.4. The molecular weight excluding hydrogens is 308 g/mol. The summed E-state index contributed by atoms with van der Waals surface area (Å²) in [6.45, 7) is 2.38. The molecule has 0 bridgehead atoms. The van der Waals surface area contributed by atoms with Crippen LogP contribution in [0.2, 0.25) is 5.02 Å².